The van der Waals surface area contributed by atoms with Crippen molar-refractivity contribution in [2.24, 2.45) is 5.73 Å². The fourth-order valence-corrected chi connectivity index (χ4v) is 1.40. The van der Waals surface area contributed by atoms with Crippen molar-refractivity contribution in [1.29, 1.82) is 0 Å². The number of nitrogens with zero attached hydrogens (tertiary/aromatic N) is 2. The maximum atomic E-state index is 10.8. The van der Waals surface area contributed by atoms with Crippen LogP contribution in [-0.4, -0.2) is 16.0 Å². The molecule has 1 atom stereocenters. The Hall–Kier alpha value is -1.23. The number of rotatable bonds is 3. The Balaban J connectivity index is 2.06. The van der Waals surface area contributed by atoms with E-state index in [0.29, 0.717) is 24.6 Å². The van der Waals surface area contributed by atoms with Gasteiger partial charge in [0.1, 0.15) is 5.78 Å². The van der Waals surface area contributed by atoms with Crippen molar-refractivity contribution in [3.8, 4) is 0 Å². The van der Waals surface area contributed by atoms with Crippen LogP contribution in [0, 0.1) is 0 Å². The summed E-state index contributed by atoms with van der Waals surface area (Å²) in [6.07, 6.45) is 1.83. The number of carbonyl (C=O) groups is 1. The quantitative estimate of drug-likeness (QED) is 0.775. The van der Waals surface area contributed by atoms with Gasteiger partial charge in [-0.25, -0.2) is 0 Å². The van der Waals surface area contributed by atoms with Gasteiger partial charge < -0.3 is 10.2 Å². The molecule has 0 bridgehead atoms. The Morgan fingerprint density at radius 3 is 2.86 bits per heavy atom. The number of carbonyl (C=O) groups excluding carboxylic acids is 1. The number of nitrogens with two attached hydrogens (primary N) is 1. The number of ketones is 1. The van der Waals surface area contributed by atoms with Gasteiger partial charge >= 0.3 is 0 Å². The molecule has 2 rings (SSSR count). The Kier molecular flexibility index (Phi) is 2.33. The Morgan fingerprint density at radius 1 is 1.57 bits per heavy atom. The normalized spacial score (nSPS) is 19.4. The van der Waals surface area contributed by atoms with E-state index in [1.54, 1.807) is 0 Å². The second-order valence-electron chi connectivity index (χ2n) is 3.64. The van der Waals surface area contributed by atoms with Crippen LogP contribution in [0.5, 0.6) is 0 Å². The summed E-state index contributed by atoms with van der Waals surface area (Å²) < 4.78 is 5.39. The Labute approximate surface area is 81.7 Å². The molecule has 5 heteroatoms. The minimum atomic E-state index is -0.188. The van der Waals surface area contributed by atoms with Crippen LogP contribution in [0.2, 0.25) is 0 Å². The first-order valence-electron chi connectivity index (χ1n) is 4.81. The molecule has 1 aromatic rings. The van der Waals surface area contributed by atoms with Gasteiger partial charge in [0, 0.05) is 12.8 Å². The van der Waals surface area contributed by atoms with E-state index >= 15 is 0 Å². The van der Waals surface area contributed by atoms with Crippen LogP contribution in [0.1, 0.15) is 49.9 Å². The van der Waals surface area contributed by atoms with Crippen LogP contribution in [0.3, 0.4) is 0 Å². The topological polar surface area (TPSA) is 82.0 Å². The molecular formula is C9H13N3O2. The van der Waals surface area contributed by atoms with Gasteiger partial charge in [-0.05, 0) is 6.42 Å². The smallest absolute Gasteiger partial charge is 0.233 e. The van der Waals surface area contributed by atoms with Crippen molar-refractivity contribution >= 4 is 5.78 Å². The summed E-state index contributed by atoms with van der Waals surface area (Å²) in [5.74, 6) is 1.42. The zero-order valence-corrected chi connectivity index (χ0v) is 8.06. The van der Waals surface area contributed by atoms with E-state index in [-0.39, 0.29) is 17.7 Å². The summed E-state index contributed by atoms with van der Waals surface area (Å²) in [5, 5.41) is 7.75. The van der Waals surface area contributed by atoms with Crippen LogP contribution in [0.25, 0.3) is 0 Å². The van der Waals surface area contributed by atoms with Gasteiger partial charge in [-0.15, -0.1) is 10.2 Å². The van der Waals surface area contributed by atoms with Crippen molar-refractivity contribution in [1.82, 2.24) is 10.2 Å². The highest BCUT2D eigenvalue weighted by molar-refractivity contribution is 5.85. The Bertz CT molecular complexity index is 340. The summed E-state index contributed by atoms with van der Waals surface area (Å²) >= 11 is 0. The summed E-state index contributed by atoms with van der Waals surface area (Å²) in [4.78, 5) is 10.8. The molecule has 1 aliphatic carbocycles. The monoisotopic (exact) mass is 195 g/mol. The van der Waals surface area contributed by atoms with Gasteiger partial charge in [-0.1, -0.05) is 6.92 Å². The molecule has 5 nitrogen and oxygen atoms in total. The van der Waals surface area contributed by atoms with Gasteiger partial charge in [0.25, 0.3) is 0 Å². The average Bonchev–Trinajstić information content (AvgIpc) is 2.60. The fraction of sp³-hybridized carbons (Fsp3) is 0.667. The molecule has 14 heavy (non-hydrogen) atoms. The van der Waals surface area contributed by atoms with Gasteiger partial charge in [-0.2, -0.15) is 0 Å². The molecule has 0 amide bonds. The van der Waals surface area contributed by atoms with Crippen LogP contribution in [0.4, 0.5) is 0 Å². The highest BCUT2D eigenvalue weighted by atomic mass is 16.4. The van der Waals surface area contributed by atoms with Gasteiger partial charge in [0.05, 0.1) is 12.0 Å². The highest BCUT2D eigenvalue weighted by Gasteiger charge is 2.32. The molecule has 1 saturated carbocycles. The first-order valence-corrected chi connectivity index (χ1v) is 4.81. The molecule has 0 radical (unpaired) electrons. The molecule has 0 aromatic carbocycles. The number of aromatic nitrogens is 2. The van der Waals surface area contributed by atoms with E-state index in [2.05, 4.69) is 10.2 Å². The lowest BCUT2D eigenvalue weighted by Gasteiger charge is -2.19. The van der Waals surface area contributed by atoms with Crippen molar-refractivity contribution in [3.05, 3.63) is 11.8 Å². The standard InChI is InChI=1S/C9H13N3O2/c1-2-7(10)9-12-11-8(14-9)5-3-6(13)4-5/h5,7H,2-4,10H2,1H3/t7-/m1/s1. The third-order valence-electron chi connectivity index (χ3n) is 2.51. The van der Waals surface area contributed by atoms with Crippen molar-refractivity contribution < 1.29 is 9.21 Å². The summed E-state index contributed by atoms with van der Waals surface area (Å²) in [5.41, 5.74) is 5.73. The maximum Gasteiger partial charge on any atom is 0.233 e. The van der Waals surface area contributed by atoms with Crippen LogP contribution < -0.4 is 5.73 Å². The van der Waals surface area contributed by atoms with E-state index in [4.69, 9.17) is 10.2 Å². The van der Waals surface area contributed by atoms with Crippen LogP contribution in [-0.2, 0) is 4.79 Å². The molecule has 1 fully saturated rings. The third-order valence-corrected chi connectivity index (χ3v) is 2.51. The molecule has 1 aliphatic rings. The molecule has 0 aliphatic heterocycles. The van der Waals surface area contributed by atoms with Crippen molar-refractivity contribution in [3.63, 3.8) is 0 Å². The van der Waals surface area contributed by atoms with E-state index in [1.807, 2.05) is 6.92 Å². The molecule has 0 saturated heterocycles. The van der Waals surface area contributed by atoms with Gasteiger partial charge in [0.2, 0.25) is 11.8 Å². The largest absolute Gasteiger partial charge is 0.423 e. The first-order chi connectivity index (χ1) is 6.70. The molecule has 0 spiro atoms. The van der Waals surface area contributed by atoms with E-state index in [9.17, 15) is 4.79 Å². The van der Waals surface area contributed by atoms with Gasteiger partial charge in [-0.3, -0.25) is 4.79 Å². The second kappa shape index (κ2) is 3.49. The number of hydrogen-bond donors (Lipinski definition) is 1. The summed E-state index contributed by atoms with van der Waals surface area (Å²) in [6.45, 7) is 1.96. The van der Waals surface area contributed by atoms with Crippen molar-refractivity contribution in [2.45, 2.75) is 38.1 Å². The lowest BCUT2D eigenvalue weighted by molar-refractivity contribution is -0.125. The lowest BCUT2D eigenvalue weighted by atomic mass is 9.84. The molecule has 1 aromatic heterocycles. The van der Waals surface area contributed by atoms with E-state index < -0.39 is 0 Å². The highest BCUT2D eigenvalue weighted by Crippen LogP contribution is 2.33. The number of hydrogen-bond acceptors (Lipinski definition) is 5. The third kappa shape index (κ3) is 1.55. The molecular weight excluding hydrogens is 182 g/mol. The van der Waals surface area contributed by atoms with Crippen LogP contribution >= 0.6 is 0 Å². The molecule has 76 valence electrons. The fourth-order valence-electron chi connectivity index (χ4n) is 1.40. The molecule has 0 unspecified atom stereocenters. The first kappa shape index (κ1) is 9.33. The molecule has 1 heterocycles. The van der Waals surface area contributed by atoms with E-state index in [1.165, 1.54) is 0 Å². The lowest BCUT2D eigenvalue weighted by Crippen LogP contribution is -2.21. The SMILES string of the molecule is CC[C@@H](N)c1nnc(C2CC(=O)C2)o1. The Morgan fingerprint density at radius 2 is 2.29 bits per heavy atom. The second-order valence-corrected chi connectivity index (χ2v) is 3.64. The maximum absolute atomic E-state index is 10.8. The minimum Gasteiger partial charge on any atom is -0.423 e. The predicted octanol–water partition coefficient (Wildman–Crippen LogP) is 0.926. The summed E-state index contributed by atoms with van der Waals surface area (Å²) in [7, 11) is 0. The minimum absolute atomic E-state index is 0.132. The van der Waals surface area contributed by atoms with Crippen LogP contribution in [0.15, 0.2) is 4.42 Å². The van der Waals surface area contributed by atoms with Crippen molar-refractivity contribution in [2.75, 3.05) is 0 Å². The molecule has 2 N–H and O–H groups in total. The zero-order chi connectivity index (χ0) is 10.1. The number of Topliss-reactive ketones (excluding diaryl/α,β-unsaturated/α-hetero) is 1. The average molecular weight is 195 g/mol. The summed E-state index contributed by atoms with van der Waals surface area (Å²) in [6, 6.07) is -0.188. The van der Waals surface area contributed by atoms with Gasteiger partial charge in [0.15, 0.2) is 0 Å². The van der Waals surface area contributed by atoms with E-state index in [0.717, 1.165) is 6.42 Å². The predicted molar refractivity (Wildman–Crippen MR) is 48.5 cm³/mol. The zero-order valence-electron chi connectivity index (χ0n) is 8.06.